The molecule has 5 nitrogen and oxygen atoms in total. The summed E-state index contributed by atoms with van der Waals surface area (Å²) in [7, 11) is 4.22. The van der Waals surface area contributed by atoms with E-state index in [4.69, 9.17) is 11.5 Å². The molecule has 0 aromatic carbocycles. The Hall–Kier alpha value is 0.664. The Kier molecular flexibility index (Phi) is 20.0. The first-order chi connectivity index (χ1) is 11.6. The zero-order valence-corrected chi connectivity index (χ0v) is 21.4. The van der Waals surface area contributed by atoms with E-state index in [-0.39, 0.29) is 35.4 Å². The zero-order chi connectivity index (χ0) is 20.1. The molecular formula is C19H42IN4OV-. The summed E-state index contributed by atoms with van der Waals surface area (Å²) in [6, 6.07) is 0. The number of carbonyl (C=O) groups excluding carboxylic acids is 1. The Bertz CT molecular complexity index is 338. The van der Waals surface area contributed by atoms with E-state index < -0.39 is 0 Å². The number of halogens is 1. The molecule has 2 saturated heterocycles. The predicted octanol–water partition coefficient (Wildman–Crippen LogP) is 2.91. The van der Waals surface area contributed by atoms with E-state index in [2.05, 4.69) is 67.3 Å². The molecule has 2 aliphatic heterocycles. The molecule has 0 spiro atoms. The van der Waals surface area contributed by atoms with Gasteiger partial charge in [0.1, 0.15) is 0 Å². The van der Waals surface area contributed by atoms with Crippen LogP contribution >= 0.6 is 22.6 Å². The van der Waals surface area contributed by atoms with Crippen molar-refractivity contribution in [1.29, 1.82) is 0 Å². The van der Waals surface area contributed by atoms with Crippen LogP contribution in [0.25, 0.3) is 0 Å². The van der Waals surface area contributed by atoms with Crippen LogP contribution in [-0.4, -0.2) is 65.9 Å². The number of likely N-dealkylation sites (tertiary alicyclic amines) is 2. The zero-order valence-electron chi connectivity index (χ0n) is 17.9. The maximum absolute atomic E-state index is 11.0. The minimum Gasteiger partial charge on any atom is -0.369 e. The summed E-state index contributed by atoms with van der Waals surface area (Å²) >= 11 is 2.29. The van der Waals surface area contributed by atoms with Crippen molar-refractivity contribution in [2.24, 2.45) is 16.9 Å². The van der Waals surface area contributed by atoms with Crippen LogP contribution in [0, 0.1) is 12.3 Å². The Morgan fingerprint density at radius 3 is 1.50 bits per heavy atom. The molecule has 1 amide bonds. The van der Waals surface area contributed by atoms with Gasteiger partial charge in [0.2, 0.25) is 5.91 Å². The van der Waals surface area contributed by atoms with Crippen LogP contribution < -0.4 is 11.5 Å². The predicted molar refractivity (Wildman–Crippen MR) is 119 cm³/mol. The quantitative estimate of drug-likeness (QED) is 0.317. The molecule has 7 heteroatoms. The van der Waals surface area contributed by atoms with Gasteiger partial charge in [-0.1, -0.05) is 36.4 Å². The summed E-state index contributed by atoms with van der Waals surface area (Å²) in [5.41, 5.74) is 11.1. The molecule has 2 heterocycles. The van der Waals surface area contributed by atoms with Crippen molar-refractivity contribution in [1.82, 2.24) is 9.80 Å². The van der Waals surface area contributed by atoms with Crippen molar-refractivity contribution < 1.29 is 23.4 Å². The molecule has 157 valence electrons. The number of nitrogens with zero attached hydrogens (tertiary/aromatic N) is 2. The molecule has 0 bridgehead atoms. The summed E-state index contributed by atoms with van der Waals surface area (Å²) in [5, 5.41) is 0. The second kappa shape index (κ2) is 16.6. The van der Waals surface area contributed by atoms with Crippen LogP contribution in [0.1, 0.15) is 53.4 Å². The van der Waals surface area contributed by atoms with Crippen molar-refractivity contribution in [3.05, 3.63) is 6.92 Å². The van der Waals surface area contributed by atoms with Gasteiger partial charge in [-0.05, 0) is 77.3 Å². The topological polar surface area (TPSA) is 75.6 Å². The molecule has 2 rings (SSSR count). The van der Waals surface area contributed by atoms with Crippen molar-refractivity contribution in [3.8, 4) is 0 Å². The van der Waals surface area contributed by atoms with Crippen LogP contribution in [0.2, 0.25) is 0 Å². The normalized spacial score (nSPS) is 21.3. The van der Waals surface area contributed by atoms with Crippen LogP contribution in [-0.2, 0) is 23.4 Å². The molecule has 26 heavy (non-hydrogen) atoms. The molecule has 0 aromatic rings. The molecule has 0 atom stereocenters. The maximum Gasteiger partial charge on any atom is 0.223 e. The summed E-state index contributed by atoms with van der Waals surface area (Å²) in [5.74, 6) is -0.148. The summed E-state index contributed by atoms with van der Waals surface area (Å²) < 4.78 is 1.22. The molecule has 4 N–H and O–H groups in total. The number of rotatable bonds is 1. The first-order valence-electron chi connectivity index (χ1n) is 9.29. The molecule has 2 aliphatic rings. The average molecular weight is 520 g/mol. The summed E-state index contributed by atoms with van der Waals surface area (Å²) in [6.45, 7) is 15.5. The van der Waals surface area contributed by atoms with Crippen LogP contribution in [0.4, 0.5) is 0 Å². The van der Waals surface area contributed by atoms with Crippen molar-refractivity contribution >= 4 is 28.5 Å². The van der Waals surface area contributed by atoms with Crippen LogP contribution in [0.3, 0.4) is 0 Å². The van der Waals surface area contributed by atoms with Gasteiger partial charge in [-0.15, -0.1) is 0 Å². The minimum atomic E-state index is -0.244. The number of primary amides is 1. The minimum absolute atomic E-state index is 0. The number of hydrogen-bond acceptors (Lipinski definition) is 4. The van der Waals surface area contributed by atoms with Crippen molar-refractivity contribution in [3.63, 3.8) is 0 Å². The monoisotopic (exact) mass is 520 g/mol. The molecule has 0 unspecified atom stereocenters. The summed E-state index contributed by atoms with van der Waals surface area (Å²) in [4.78, 5) is 15.5. The third-order valence-electron chi connectivity index (χ3n) is 4.81. The van der Waals surface area contributed by atoms with E-state index >= 15 is 0 Å². The fourth-order valence-electron chi connectivity index (χ4n) is 2.49. The number of carbonyl (C=O) groups is 1. The molecule has 2 fully saturated rings. The van der Waals surface area contributed by atoms with Crippen molar-refractivity contribution in [2.45, 2.75) is 58.9 Å². The van der Waals surface area contributed by atoms with Crippen LogP contribution in [0.5, 0.6) is 0 Å². The van der Waals surface area contributed by atoms with E-state index in [1.807, 2.05) is 6.92 Å². The molecular weight excluding hydrogens is 478 g/mol. The number of hydrogen-bond donors (Lipinski definition) is 2. The van der Waals surface area contributed by atoms with Gasteiger partial charge in [-0.2, -0.15) is 6.92 Å². The second-order valence-electron chi connectivity index (χ2n) is 7.45. The van der Waals surface area contributed by atoms with E-state index in [9.17, 15) is 4.79 Å². The molecule has 0 aromatic heterocycles. The maximum atomic E-state index is 11.0. The first kappa shape index (κ1) is 31.4. The number of piperidine rings is 2. The van der Waals surface area contributed by atoms with Gasteiger partial charge in [0.05, 0.1) is 0 Å². The van der Waals surface area contributed by atoms with Crippen molar-refractivity contribution in [2.75, 3.05) is 44.7 Å². The second-order valence-corrected chi connectivity index (χ2v) is 8.98. The fourth-order valence-corrected chi connectivity index (χ4v) is 2.49. The van der Waals surface area contributed by atoms with Gasteiger partial charge in [0.25, 0.3) is 0 Å². The molecule has 1 radical (unpaired) electrons. The third kappa shape index (κ3) is 14.7. The van der Waals surface area contributed by atoms with E-state index in [1.54, 1.807) is 6.92 Å². The van der Waals surface area contributed by atoms with Gasteiger partial charge in [-0.3, -0.25) is 4.79 Å². The van der Waals surface area contributed by atoms with Gasteiger partial charge < -0.3 is 28.2 Å². The Morgan fingerprint density at radius 2 is 1.27 bits per heavy atom. The summed E-state index contributed by atoms with van der Waals surface area (Å²) in [6.07, 6.45) is 4.09. The van der Waals surface area contributed by atoms with E-state index in [1.165, 1.54) is 4.43 Å². The molecule has 0 saturated carbocycles. The van der Waals surface area contributed by atoms with Gasteiger partial charge in [-0.25, -0.2) is 0 Å². The average Bonchev–Trinajstić information content (AvgIpc) is 2.56. The Balaban J connectivity index is -0.000000320. The Morgan fingerprint density at radius 1 is 1.00 bits per heavy atom. The van der Waals surface area contributed by atoms with E-state index in [0.717, 1.165) is 51.9 Å². The number of alkyl halides is 1. The standard InChI is InChI=1S/C8H16N2O.C7H16N2.C2H5I.C2H5.V/c1-8(7(9)11)3-5-10(2)6-4-8;1-7(8)3-5-9(2)6-4-7;1-2-3;1-2;/h3-6H2,1-2H3,(H2,9,11);3-6,8H2,1-2H3;2H2,1H3;1H2,2H3;/q;;;-1;. The third-order valence-corrected chi connectivity index (χ3v) is 4.81. The smallest absolute Gasteiger partial charge is 0.223 e. The van der Waals surface area contributed by atoms with Gasteiger partial charge >= 0.3 is 0 Å². The molecule has 0 aliphatic carbocycles. The SMILES string of the molecule is CCI.CN1CCC(C)(C(N)=O)CC1.CN1CCC(C)(N)CC1.[CH2-]C.[V]. The van der Waals surface area contributed by atoms with E-state index in [0.29, 0.717) is 0 Å². The fraction of sp³-hybridized carbons (Fsp3) is 0.895. The Labute approximate surface area is 188 Å². The number of amides is 1. The van der Waals surface area contributed by atoms with Gasteiger partial charge in [0, 0.05) is 29.5 Å². The van der Waals surface area contributed by atoms with Crippen LogP contribution in [0.15, 0.2) is 0 Å². The first-order valence-corrected chi connectivity index (χ1v) is 10.8. The largest absolute Gasteiger partial charge is 0.369 e. The van der Waals surface area contributed by atoms with Gasteiger partial charge in [0.15, 0.2) is 0 Å². The number of nitrogens with two attached hydrogens (primary N) is 2.